The SMILES string of the molecule is C#C[C@]1(OC(=O)c2ccccc2)CC[C@H]2[C@@H]3CCc4cc(O)ccc4[C@H]3CC[C@@]21C. The van der Waals surface area contributed by atoms with Crippen molar-refractivity contribution in [3.8, 4) is 18.1 Å². The van der Waals surface area contributed by atoms with Gasteiger partial charge in [0.05, 0.1) is 5.56 Å². The standard InChI is InChI=1S/C27H28O3/c1-3-27(30-25(29)18-7-5-4-6-8-18)16-14-24-23-11-9-19-17-20(28)10-12-21(19)22(23)13-15-26(24,27)2/h1,4-8,10,12,17,22-24,28H,9,11,13-16H2,2H3/t22-,23-,24+,26+,27+/m1/s1. The maximum Gasteiger partial charge on any atom is 0.339 e. The third-order valence-corrected chi connectivity index (χ3v) is 8.34. The summed E-state index contributed by atoms with van der Waals surface area (Å²) in [4.78, 5) is 12.9. The van der Waals surface area contributed by atoms with Crippen LogP contribution in [0.15, 0.2) is 48.5 Å². The molecule has 3 heteroatoms. The van der Waals surface area contributed by atoms with Crippen LogP contribution in [0, 0.1) is 29.6 Å². The highest BCUT2D eigenvalue weighted by molar-refractivity contribution is 5.89. The molecule has 5 rings (SSSR count). The number of carbonyl (C=O) groups is 1. The van der Waals surface area contributed by atoms with E-state index in [2.05, 4.69) is 18.9 Å². The maximum absolute atomic E-state index is 12.9. The number of phenols is 1. The summed E-state index contributed by atoms with van der Waals surface area (Å²) >= 11 is 0. The van der Waals surface area contributed by atoms with E-state index in [0.717, 1.165) is 38.5 Å². The largest absolute Gasteiger partial charge is 0.508 e. The number of terminal acetylenes is 1. The first-order chi connectivity index (χ1) is 14.5. The molecule has 0 bridgehead atoms. The van der Waals surface area contributed by atoms with Gasteiger partial charge in [0.25, 0.3) is 0 Å². The van der Waals surface area contributed by atoms with Gasteiger partial charge in [-0.3, -0.25) is 0 Å². The number of rotatable bonds is 2. The van der Waals surface area contributed by atoms with Crippen LogP contribution in [0.1, 0.15) is 66.4 Å². The van der Waals surface area contributed by atoms with Crippen molar-refractivity contribution in [1.82, 2.24) is 0 Å². The van der Waals surface area contributed by atoms with Crippen molar-refractivity contribution in [2.24, 2.45) is 17.3 Å². The van der Waals surface area contributed by atoms with Gasteiger partial charge < -0.3 is 9.84 Å². The number of aromatic hydroxyl groups is 1. The molecule has 2 fully saturated rings. The Morgan fingerprint density at radius 2 is 1.93 bits per heavy atom. The van der Waals surface area contributed by atoms with Crippen LogP contribution >= 0.6 is 0 Å². The molecule has 0 aromatic heterocycles. The van der Waals surface area contributed by atoms with E-state index in [9.17, 15) is 9.90 Å². The average molecular weight is 401 g/mol. The summed E-state index contributed by atoms with van der Waals surface area (Å²) in [7, 11) is 0. The molecule has 0 radical (unpaired) electrons. The minimum atomic E-state index is -0.842. The van der Waals surface area contributed by atoms with E-state index in [1.807, 2.05) is 30.3 Å². The highest BCUT2D eigenvalue weighted by Gasteiger charge is 2.63. The number of fused-ring (bicyclic) bond motifs is 5. The van der Waals surface area contributed by atoms with E-state index in [4.69, 9.17) is 11.2 Å². The Kier molecular flexibility index (Phi) is 4.43. The number of carbonyl (C=O) groups excluding carboxylic acids is 1. The van der Waals surface area contributed by atoms with Crippen LogP contribution in [0.5, 0.6) is 5.75 Å². The Balaban J connectivity index is 1.45. The predicted octanol–water partition coefficient (Wildman–Crippen LogP) is 5.48. The van der Waals surface area contributed by atoms with E-state index in [0.29, 0.717) is 29.1 Å². The molecule has 3 nitrogen and oxygen atoms in total. The zero-order valence-corrected chi connectivity index (χ0v) is 17.4. The minimum absolute atomic E-state index is 0.207. The molecule has 1 N–H and O–H groups in total. The van der Waals surface area contributed by atoms with Crippen molar-refractivity contribution in [2.45, 2.75) is 57.0 Å². The fraction of sp³-hybridized carbons (Fsp3) is 0.444. The van der Waals surface area contributed by atoms with Crippen LogP contribution in [0.3, 0.4) is 0 Å². The zero-order valence-electron chi connectivity index (χ0n) is 17.4. The Hall–Kier alpha value is -2.73. The number of phenolic OH excluding ortho intramolecular Hbond substituents is 1. The van der Waals surface area contributed by atoms with E-state index >= 15 is 0 Å². The summed E-state index contributed by atoms with van der Waals surface area (Å²) in [5.41, 5.74) is 2.19. The summed E-state index contributed by atoms with van der Waals surface area (Å²) in [6.07, 6.45) is 11.9. The Labute approximate surface area is 178 Å². The lowest BCUT2D eigenvalue weighted by Crippen LogP contribution is -2.52. The maximum atomic E-state index is 12.9. The van der Waals surface area contributed by atoms with Gasteiger partial charge in [0.15, 0.2) is 5.60 Å². The average Bonchev–Trinajstić information content (AvgIpc) is 3.06. The number of benzene rings is 2. The van der Waals surface area contributed by atoms with E-state index in [1.54, 1.807) is 12.1 Å². The third-order valence-electron chi connectivity index (χ3n) is 8.34. The first-order valence-corrected chi connectivity index (χ1v) is 11.1. The number of ether oxygens (including phenoxy) is 1. The summed E-state index contributed by atoms with van der Waals surface area (Å²) in [5.74, 6) is 4.50. The van der Waals surface area contributed by atoms with Gasteiger partial charge in [-0.2, -0.15) is 0 Å². The molecular formula is C27H28O3. The summed E-state index contributed by atoms with van der Waals surface area (Å²) < 4.78 is 6.16. The highest BCUT2D eigenvalue weighted by Crippen LogP contribution is 2.65. The van der Waals surface area contributed by atoms with Gasteiger partial charge in [-0.1, -0.05) is 37.1 Å². The van der Waals surface area contributed by atoms with Gasteiger partial charge in [-0.15, -0.1) is 6.42 Å². The van der Waals surface area contributed by atoms with Crippen LogP contribution < -0.4 is 0 Å². The molecule has 2 aromatic carbocycles. The van der Waals surface area contributed by atoms with Crippen molar-refractivity contribution in [3.05, 3.63) is 65.2 Å². The van der Waals surface area contributed by atoms with E-state index in [1.165, 1.54) is 11.1 Å². The lowest BCUT2D eigenvalue weighted by Gasteiger charge is -2.52. The second-order valence-corrected chi connectivity index (χ2v) is 9.52. The molecule has 154 valence electrons. The van der Waals surface area contributed by atoms with Crippen molar-refractivity contribution in [3.63, 3.8) is 0 Å². The van der Waals surface area contributed by atoms with Crippen LogP contribution in [0.25, 0.3) is 0 Å². The van der Waals surface area contributed by atoms with E-state index in [-0.39, 0.29) is 11.4 Å². The second kappa shape index (κ2) is 6.91. The first-order valence-electron chi connectivity index (χ1n) is 11.1. The number of esters is 1. The van der Waals surface area contributed by atoms with Crippen molar-refractivity contribution in [2.75, 3.05) is 0 Å². The number of hydrogen-bond acceptors (Lipinski definition) is 3. The van der Waals surface area contributed by atoms with Crippen LogP contribution in [0.4, 0.5) is 0 Å². The lowest BCUT2D eigenvalue weighted by atomic mass is 9.53. The van der Waals surface area contributed by atoms with Gasteiger partial charge in [-0.25, -0.2) is 4.79 Å². The molecule has 2 aromatic rings. The second-order valence-electron chi connectivity index (χ2n) is 9.52. The van der Waals surface area contributed by atoms with Crippen LogP contribution in [-0.2, 0) is 11.2 Å². The Bertz CT molecular complexity index is 1020. The van der Waals surface area contributed by atoms with Crippen LogP contribution in [-0.4, -0.2) is 16.7 Å². The third kappa shape index (κ3) is 2.70. The van der Waals surface area contributed by atoms with Gasteiger partial charge in [0, 0.05) is 5.41 Å². The molecule has 5 atom stereocenters. The summed E-state index contributed by atoms with van der Waals surface area (Å²) in [5, 5.41) is 9.88. The topological polar surface area (TPSA) is 46.5 Å². The van der Waals surface area contributed by atoms with Gasteiger partial charge in [-0.05, 0) is 91.7 Å². The molecule has 3 aliphatic carbocycles. The normalized spacial score (nSPS) is 34.2. The molecule has 0 unspecified atom stereocenters. The predicted molar refractivity (Wildman–Crippen MR) is 116 cm³/mol. The number of hydrogen-bond donors (Lipinski definition) is 1. The lowest BCUT2D eigenvalue weighted by molar-refractivity contribution is -0.0796. The molecule has 0 saturated heterocycles. The van der Waals surface area contributed by atoms with Gasteiger partial charge in [0.1, 0.15) is 5.75 Å². The molecule has 0 heterocycles. The molecular weight excluding hydrogens is 372 g/mol. The smallest absolute Gasteiger partial charge is 0.339 e. The zero-order chi connectivity index (χ0) is 20.9. The Morgan fingerprint density at radius 1 is 1.13 bits per heavy atom. The molecule has 0 spiro atoms. The van der Waals surface area contributed by atoms with Gasteiger partial charge in [0.2, 0.25) is 0 Å². The van der Waals surface area contributed by atoms with Gasteiger partial charge >= 0.3 is 5.97 Å². The van der Waals surface area contributed by atoms with Crippen LogP contribution in [0.2, 0.25) is 0 Å². The quantitative estimate of drug-likeness (QED) is 0.536. The highest BCUT2D eigenvalue weighted by atomic mass is 16.6. The molecule has 30 heavy (non-hydrogen) atoms. The number of aryl methyl sites for hydroxylation is 1. The van der Waals surface area contributed by atoms with E-state index < -0.39 is 5.60 Å². The van der Waals surface area contributed by atoms with Crippen molar-refractivity contribution in [1.29, 1.82) is 0 Å². The first kappa shape index (κ1) is 19.2. The minimum Gasteiger partial charge on any atom is -0.508 e. The fourth-order valence-electron chi connectivity index (χ4n) is 6.79. The molecule has 0 aliphatic heterocycles. The van der Waals surface area contributed by atoms with Crippen molar-refractivity contribution >= 4 is 5.97 Å². The molecule has 2 saturated carbocycles. The molecule has 0 amide bonds. The summed E-state index contributed by atoms with van der Waals surface area (Å²) in [6.45, 7) is 2.26. The summed E-state index contributed by atoms with van der Waals surface area (Å²) in [6, 6.07) is 15.0. The van der Waals surface area contributed by atoms with Crippen molar-refractivity contribution < 1.29 is 14.6 Å². The molecule has 3 aliphatic rings. The monoisotopic (exact) mass is 400 g/mol. The Morgan fingerprint density at radius 3 is 2.70 bits per heavy atom. The fourth-order valence-corrected chi connectivity index (χ4v) is 6.79.